The average Bonchev–Trinajstić information content (AvgIpc) is 2.68. The molecule has 3 rings (SSSR count). The van der Waals surface area contributed by atoms with Gasteiger partial charge in [0, 0.05) is 11.9 Å². The molecule has 138 valence electrons. The first-order valence-electron chi connectivity index (χ1n) is 8.32. The number of ether oxygens (including phenoxy) is 1. The van der Waals surface area contributed by atoms with Gasteiger partial charge in [0.1, 0.15) is 11.3 Å². The highest BCUT2D eigenvalue weighted by atomic mass is 16.5. The fourth-order valence-electron chi connectivity index (χ4n) is 2.97. The van der Waals surface area contributed by atoms with Crippen molar-refractivity contribution in [3.05, 3.63) is 70.0 Å². The Kier molecular flexibility index (Phi) is 4.94. The molecule has 0 fully saturated rings. The first-order chi connectivity index (χ1) is 13.0. The highest BCUT2D eigenvalue weighted by molar-refractivity contribution is 6.11. The number of fused-ring (bicyclic) bond motifs is 1. The molecule has 0 saturated carbocycles. The summed E-state index contributed by atoms with van der Waals surface area (Å²) in [5.74, 6) is -1.82. The van der Waals surface area contributed by atoms with Gasteiger partial charge in [-0.05, 0) is 31.2 Å². The number of nitrogens with zero attached hydrogens (tertiary/aromatic N) is 1. The number of anilines is 1. The van der Waals surface area contributed by atoms with Gasteiger partial charge in [0.15, 0.2) is 0 Å². The molecule has 0 aliphatic heterocycles. The minimum atomic E-state index is -0.804. The second-order valence-electron chi connectivity index (χ2n) is 5.78. The van der Waals surface area contributed by atoms with E-state index in [4.69, 9.17) is 4.74 Å². The van der Waals surface area contributed by atoms with Gasteiger partial charge in [-0.3, -0.25) is 9.59 Å². The normalized spacial score (nSPS) is 10.6. The number of hydrogen-bond donors (Lipinski definition) is 2. The summed E-state index contributed by atoms with van der Waals surface area (Å²) < 4.78 is 6.11. The van der Waals surface area contributed by atoms with Gasteiger partial charge >= 0.3 is 5.97 Å². The number of nitrogens with one attached hydrogen (secondary N) is 1. The predicted molar refractivity (Wildman–Crippen MR) is 101 cm³/mol. The minimum absolute atomic E-state index is 0.143. The third-order valence-electron chi connectivity index (χ3n) is 4.27. The summed E-state index contributed by atoms with van der Waals surface area (Å²) in [5, 5.41) is 13.5. The van der Waals surface area contributed by atoms with Gasteiger partial charge in [0.05, 0.1) is 23.9 Å². The number of rotatable bonds is 4. The molecule has 1 aromatic heterocycles. The zero-order chi connectivity index (χ0) is 19.6. The molecule has 7 heteroatoms. The Morgan fingerprint density at radius 3 is 2.48 bits per heavy atom. The van der Waals surface area contributed by atoms with Gasteiger partial charge in [-0.1, -0.05) is 24.3 Å². The van der Waals surface area contributed by atoms with Crippen molar-refractivity contribution in [2.75, 3.05) is 12.4 Å². The summed E-state index contributed by atoms with van der Waals surface area (Å²) in [4.78, 5) is 37.5. The molecule has 2 aromatic carbocycles. The van der Waals surface area contributed by atoms with Crippen LogP contribution in [-0.2, 0) is 11.3 Å². The fraction of sp³-hybridized carbons (Fsp3) is 0.150. The van der Waals surface area contributed by atoms with Crippen LogP contribution in [0.25, 0.3) is 10.9 Å². The van der Waals surface area contributed by atoms with Crippen LogP contribution in [0.4, 0.5) is 5.69 Å². The van der Waals surface area contributed by atoms with Gasteiger partial charge in [-0.25, -0.2) is 4.79 Å². The van der Waals surface area contributed by atoms with E-state index in [0.717, 1.165) is 0 Å². The first-order valence-corrected chi connectivity index (χ1v) is 8.32. The van der Waals surface area contributed by atoms with E-state index in [0.29, 0.717) is 17.4 Å². The lowest BCUT2D eigenvalue weighted by molar-refractivity contribution is 0.0602. The van der Waals surface area contributed by atoms with Crippen molar-refractivity contribution in [3.8, 4) is 5.75 Å². The molecular weight excluding hydrogens is 348 g/mol. The summed E-state index contributed by atoms with van der Waals surface area (Å²) in [5.41, 5.74) is -0.125. The van der Waals surface area contributed by atoms with Crippen molar-refractivity contribution in [3.63, 3.8) is 0 Å². The zero-order valence-corrected chi connectivity index (χ0v) is 14.9. The second kappa shape index (κ2) is 7.33. The quantitative estimate of drug-likeness (QED) is 0.692. The van der Waals surface area contributed by atoms with Gasteiger partial charge < -0.3 is 19.7 Å². The van der Waals surface area contributed by atoms with Gasteiger partial charge in [0.2, 0.25) is 0 Å². The number of aromatic hydroxyl groups is 1. The van der Waals surface area contributed by atoms with Crippen molar-refractivity contribution in [2.45, 2.75) is 13.5 Å². The molecule has 3 aromatic rings. The molecule has 0 aliphatic carbocycles. The lowest BCUT2D eigenvalue weighted by Crippen LogP contribution is -2.29. The summed E-state index contributed by atoms with van der Waals surface area (Å²) in [7, 11) is 1.23. The van der Waals surface area contributed by atoms with Crippen LogP contribution in [0.15, 0.2) is 53.3 Å². The number of aryl methyl sites for hydroxylation is 1. The molecule has 0 unspecified atom stereocenters. The van der Waals surface area contributed by atoms with Crippen molar-refractivity contribution in [2.24, 2.45) is 0 Å². The molecule has 1 amide bonds. The van der Waals surface area contributed by atoms with Crippen molar-refractivity contribution in [1.82, 2.24) is 4.57 Å². The van der Waals surface area contributed by atoms with Crippen LogP contribution in [0, 0.1) is 0 Å². The topological polar surface area (TPSA) is 97.6 Å². The molecule has 0 bridgehead atoms. The number of amides is 1. The summed E-state index contributed by atoms with van der Waals surface area (Å²) in [6.45, 7) is 2.11. The van der Waals surface area contributed by atoms with Crippen LogP contribution in [0.3, 0.4) is 0 Å². The van der Waals surface area contributed by atoms with Gasteiger partial charge in [-0.15, -0.1) is 0 Å². The SMILES string of the molecule is CCn1c(=O)c(C(=O)Nc2ccccc2C(=O)OC)c(O)c2ccccc21. The molecule has 1 heterocycles. The van der Waals surface area contributed by atoms with E-state index in [1.807, 2.05) is 0 Å². The van der Waals surface area contributed by atoms with E-state index >= 15 is 0 Å². The molecular formula is C20H18N2O5. The summed E-state index contributed by atoms with van der Waals surface area (Å²) in [6, 6.07) is 13.1. The zero-order valence-electron chi connectivity index (χ0n) is 14.9. The number of carbonyl (C=O) groups excluding carboxylic acids is 2. The van der Waals surface area contributed by atoms with Gasteiger partial charge in [0.25, 0.3) is 11.5 Å². The van der Waals surface area contributed by atoms with Crippen LogP contribution in [0.5, 0.6) is 5.75 Å². The highest BCUT2D eigenvalue weighted by Gasteiger charge is 2.23. The number of methoxy groups -OCH3 is 1. The maximum Gasteiger partial charge on any atom is 0.339 e. The summed E-state index contributed by atoms with van der Waals surface area (Å²) >= 11 is 0. The summed E-state index contributed by atoms with van der Waals surface area (Å²) in [6.07, 6.45) is 0. The van der Waals surface area contributed by atoms with Crippen LogP contribution < -0.4 is 10.9 Å². The second-order valence-corrected chi connectivity index (χ2v) is 5.78. The predicted octanol–water partition coefficient (Wildman–Crippen LogP) is 2.77. The standard InChI is InChI=1S/C20H18N2O5/c1-3-22-15-11-7-5-9-13(15)17(23)16(19(22)25)18(24)21-14-10-6-4-8-12(14)20(26)27-2/h4-11,23H,3H2,1-2H3,(H,21,24). The van der Waals surface area contributed by atoms with E-state index in [1.165, 1.54) is 23.8 Å². The maximum absolute atomic E-state index is 12.8. The molecule has 7 nitrogen and oxygen atoms in total. The Morgan fingerprint density at radius 1 is 1.11 bits per heavy atom. The number of para-hydroxylation sites is 2. The van der Waals surface area contributed by atoms with Crippen LogP contribution >= 0.6 is 0 Å². The van der Waals surface area contributed by atoms with Crippen LogP contribution in [0.2, 0.25) is 0 Å². The lowest BCUT2D eigenvalue weighted by atomic mass is 10.1. The number of aromatic nitrogens is 1. The molecule has 0 aliphatic rings. The highest BCUT2D eigenvalue weighted by Crippen LogP contribution is 2.27. The number of hydrogen-bond acceptors (Lipinski definition) is 5. The monoisotopic (exact) mass is 366 g/mol. The Bertz CT molecular complexity index is 1100. The lowest BCUT2D eigenvalue weighted by Gasteiger charge is -2.14. The molecule has 2 N–H and O–H groups in total. The molecule has 0 radical (unpaired) electrons. The fourth-order valence-corrected chi connectivity index (χ4v) is 2.97. The Morgan fingerprint density at radius 2 is 1.78 bits per heavy atom. The third kappa shape index (κ3) is 3.15. The number of esters is 1. The van der Waals surface area contributed by atoms with E-state index in [2.05, 4.69) is 5.32 Å². The largest absolute Gasteiger partial charge is 0.506 e. The van der Waals surface area contributed by atoms with Crippen molar-refractivity contribution < 1.29 is 19.4 Å². The average molecular weight is 366 g/mol. The van der Waals surface area contributed by atoms with E-state index < -0.39 is 23.2 Å². The van der Waals surface area contributed by atoms with Crippen molar-refractivity contribution in [1.29, 1.82) is 0 Å². The maximum atomic E-state index is 12.8. The molecule has 0 spiro atoms. The first kappa shape index (κ1) is 18.2. The smallest absolute Gasteiger partial charge is 0.339 e. The molecule has 0 saturated heterocycles. The molecule has 27 heavy (non-hydrogen) atoms. The number of carbonyl (C=O) groups is 2. The van der Waals surface area contributed by atoms with Gasteiger partial charge in [-0.2, -0.15) is 0 Å². The van der Waals surface area contributed by atoms with Crippen LogP contribution in [0.1, 0.15) is 27.6 Å². The third-order valence-corrected chi connectivity index (χ3v) is 4.27. The Labute approximate surface area is 154 Å². The van der Waals surface area contributed by atoms with E-state index in [9.17, 15) is 19.5 Å². The van der Waals surface area contributed by atoms with E-state index in [-0.39, 0.29) is 16.8 Å². The Hall–Kier alpha value is -3.61. The number of benzene rings is 2. The molecule has 0 atom stereocenters. The van der Waals surface area contributed by atoms with E-state index in [1.54, 1.807) is 43.3 Å². The minimum Gasteiger partial charge on any atom is -0.506 e. The number of pyridine rings is 1. The van der Waals surface area contributed by atoms with Crippen LogP contribution in [-0.4, -0.2) is 28.7 Å². The Balaban J connectivity index is 2.13. The van der Waals surface area contributed by atoms with Crippen molar-refractivity contribution >= 4 is 28.5 Å².